The summed E-state index contributed by atoms with van der Waals surface area (Å²) in [6, 6.07) is 17.0. The van der Waals surface area contributed by atoms with Gasteiger partial charge in [0.15, 0.2) is 5.82 Å². The summed E-state index contributed by atoms with van der Waals surface area (Å²) in [6.45, 7) is 6.74. The number of nitrogens with zero attached hydrogens (tertiary/aromatic N) is 6. The molecule has 0 bridgehead atoms. The summed E-state index contributed by atoms with van der Waals surface area (Å²) in [7, 11) is 2.21. The number of rotatable bonds is 5. The normalized spacial score (nSPS) is 18.0. The van der Waals surface area contributed by atoms with Gasteiger partial charge in [-0.3, -0.25) is 9.47 Å². The van der Waals surface area contributed by atoms with Gasteiger partial charge in [-0.2, -0.15) is 4.98 Å². The summed E-state index contributed by atoms with van der Waals surface area (Å²) in [5.41, 5.74) is 2.96. The van der Waals surface area contributed by atoms with E-state index in [1.807, 2.05) is 47.2 Å². The highest BCUT2D eigenvalue weighted by molar-refractivity contribution is 6.33. The molecule has 9 heteroatoms. The number of nitrogens with one attached hydrogen (secondary N) is 1. The average molecular weight is 537 g/mol. The number of para-hydroxylation sites is 1. The molecule has 0 aliphatic carbocycles. The first-order valence-corrected chi connectivity index (χ1v) is 13.6. The third kappa shape index (κ3) is 5.14. The van der Waals surface area contributed by atoms with E-state index in [-0.39, 0.29) is 0 Å². The standard InChI is InChI=1S/C28H31Cl2N7/c1-34-14-16-35(17-15-34)22-9-11-36(12-10-22)26-7-6-21(18-23(26)29)32-28-31-19-24(30)27(33-28)37-13-8-20-4-2-3-5-25(20)37/h2-8,13,18-19,22H,9-12,14-17H2,1H3,(H,31,32,33). The molecule has 192 valence electrons. The van der Waals surface area contributed by atoms with Crippen molar-refractivity contribution in [1.82, 2.24) is 24.3 Å². The van der Waals surface area contributed by atoms with Crippen molar-refractivity contribution in [1.29, 1.82) is 0 Å². The zero-order valence-electron chi connectivity index (χ0n) is 20.9. The van der Waals surface area contributed by atoms with Crippen molar-refractivity contribution in [2.75, 3.05) is 56.5 Å². The molecule has 2 aliphatic rings. The van der Waals surface area contributed by atoms with Gasteiger partial charge in [0, 0.05) is 57.2 Å². The quantitative estimate of drug-likeness (QED) is 0.354. The maximum Gasteiger partial charge on any atom is 0.229 e. The second kappa shape index (κ2) is 10.5. The first-order chi connectivity index (χ1) is 18.0. The van der Waals surface area contributed by atoms with Crippen molar-refractivity contribution >= 4 is 51.4 Å². The molecule has 0 radical (unpaired) electrons. The maximum absolute atomic E-state index is 6.77. The number of halogens is 2. The van der Waals surface area contributed by atoms with Crippen LogP contribution in [-0.2, 0) is 0 Å². The van der Waals surface area contributed by atoms with E-state index < -0.39 is 0 Å². The van der Waals surface area contributed by atoms with Crippen molar-refractivity contribution in [2.45, 2.75) is 18.9 Å². The van der Waals surface area contributed by atoms with Crippen LogP contribution in [0.15, 0.2) is 60.9 Å². The molecule has 0 saturated carbocycles. The average Bonchev–Trinajstić information content (AvgIpc) is 3.35. The smallest absolute Gasteiger partial charge is 0.229 e. The summed E-state index contributed by atoms with van der Waals surface area (Å²) >= 11 is 13.3. The van der Waals surface area contributed by atoms with Gasteiger partial charge in [0.05, 0.1) is 22.4 Å². The molecule has 0 amide bonds. The fourth-order valence-corrected chi connectivity index (χ4v) is 5.97. The Morgan fingerprint density at radius 3 is 2.46 bits per heavy atom. The zero-order chi connectivity index (χ0) is 25.4. The zero-order valence-corrected chi connectivity index (χ0v) is 22.5. The fourth-order valence-electron chi connectivity index (χ4n) is 5.48. The monoisotopic (exact) mass is 535 g/mol. The molecule has 2 aromatic heterocycles. The van der Waals surface area contributed by atoms with E-state index in [2.05, 4.69) is 44.2 Å². The van der Waals surface area contributed by atoms with Crippen LogP contribution >= 0.6 is 23.2 Å². The van der Waals surface area contributed by atoms with Crippen LogP contribution in [0.1, 0.15) is 12.8 Å². The van der Waals surface area contributed by atoms with Crippen LogP contribution in [-0.4, -0.2) is 76.7 Å². The molecule has 2 saturated heterocycles. The fraction of sp³-hybridized carbons (Fsp3) is 0.357. The number of aromatic nitrogens is 3. The number of piperidine rings is 1. The van der Waals surface area contributed by atoms with E-state index in [1.54, 1.807) is 6.20 Å². The molecule has 4 heterocycles. The van der Waals surface area contributed by atoms with E-state index in [4.69, 9.17) is 28.2 Å². The summed E-state index contributed by atoms with van der Waals surface area (Å²) in [5, 5.41) is 5.64. The van der Waals surface area contributed by atoms with Crippen molar-refractivity contribution in [2.24, 2.45) is 0 Å². The number of fused-ring (bicyclic) bond motifs is 1. The number of piperazine rings is 1. The van der Waals surface area contributed by atoms with Gasteiger partial charge in [-0.1, -0.05) is 41.4 Å². The van der Waals surface area contributed by atoms with Crippen LogP contribution < -0.4 is 10.2 Å². The summed E-state index contributed by atoms with van der Waals surface area (Å²) in [5.74, 6) is 1.10. The van der Waals surface area contributed by atoms with Gasteiger partial charge in [-0.15, -0.1) is 0 Å². The van der Waals surface area contributed by atoms with Crippen LogP contribution in [0.5, 0.6) is 0 Å². The lowest BCUT2D eigenvalue weighted by molar-refractivity contribution is 0.0982. The minimum atomic E-state index is 0.467. The molecular formula is C28H31Cl2N7. The van der Waals surface area contributed by atoms with Crippen LogP contribution in [0.2, 0.25) is 10.0 Å². The predicted molar refractivity (Wildman–Crippen MR) is 153 cm³/mol. The molecule has 7 nitrogen and oxygen atoms in total. The largest absolute Gasteiger partial charge is 0.370 e. The van der Waals surface area contributed by atoms with Gasteiger partial charge in [0.2, 0.25) is 5.95 Å². The van der Waals surface area contributed by atoms with Crippen LogP contribution in [0.3, 0.4) is 0 Å². The first-order valence-electron chi connectivity index (χ1n) is 12.9. The van der Waals surface area contributed by atoms with E-state index in [9.17, 15) is 0 Å². The molecule has 2 aromatic carbocycles. The Bertz CT molecular complexity index is 1390. The highest BCUT2D eigenvalue weighted by atomic mass is 35.5. The molecule has 1 N–H and O–H groups in total. The Labute approximate surface area is 227 Å². The minimum absolute atomic E-state index is 0.467. The second-order valence-corrected chi connectivity index (χ2v) is 10.8. The SMILES string of the molecule is CN1CCN(C2CCN(c3ccc(Nc4ncc(Cl)c(-n5ccc6ccccc65)n4)cc3Cl)CC2)CC1. The van der Waals surface area contributed by atoms with Crippen LogP contribution in [0.25, 0.3) is 16.7 Å². The highest BCUT2D eigenvalue weighted by Crippen LogP contribution is 2.33. The first kappa shape index (κ1) is 24.5. The molecule has 2 aliphatic heterocycles. The Morgan fingerprint density at radius 2 is 1.68 bits per heavy atom. The van der Waals surface area contributed by atoms with Gasteiger partial charge < -0.3 is 15.1 Å². The lowest BCUT2D eigenvalue weighted by atomic mass is 10.0. The maximum atomic E-state index is 6.77. The molecular weight excluding hydrogens is 505 g/mol. The van der Waals surface area contributed by atoms with E-state index in [1.165, 1.54) is 39.0 Å². The van der Waals surface area contributed by atoms with E-state index in [0.717, 1.165) is 40.4 Å². The van der Waals surface area contributed by atoms with Crippen molar-refractivity contribution in [3.63, 3.8) is 0 Å². The summed E-state index contributed by atoms with van der Waals surface area (Å²) in [6.07, 6.45) is 5.95. The topological polar surface area (TPSA) is 52.5 Å². The summed E-state index contributed by atoms with van der Waals surface area (Å²) < 4.78 is 1.98. The number of likely N-dealkylation sites (N-methyl/N-ethyl adjacent to an activating group) is 1. The van der Waals surface area contributed by atoms with Crippen molar-refractivity contribution in [3.8, 4) is 5.82 Å². The molecule has 4 aromatic rings. The number of hydrogen-bond donors (Lipinski definition) is 1. The second-order valence-electron chi connectivity index (χ2n) is 9.96. The molecule has 37 heavy (non-hydrogen) atoms. The number of benzene rings is 2. The van der Waals surface area contributed by atoms with Gasteiger partial charge in [0.25, 0.3) is 0 Å². The van der Waals surface area contributed by atoms with E-state index in [0.29, 0.717) is 22.8 Å². The summed E-state index contributed by atoms with van der Waals surface area (Å²) in [4.78, 5) is 16.6. The Hall–Kier alpha value is -2.84. The van der Waals surface area contributed by atoms with Gasteiger partial charge in [-0.25, -0.2) is 4.98 Å². The molecule has 0 atom stereocenters. The van der Waals surface area contributed by atoms with Gasteiger partial charge in [-0.05, 0) is 55.6 Å². The molecule has 6 rings (SSSR count). The third-order valence-corrected chi connectivity index (χ3v) is 8.19. The van der Waals surface area contributed by atoms with Gasteiger partial charge >= 0.3 is 0 Å². The van der Waals surface area contributed by atoms with Crippen molar-refractivity contribution in [3.05, 3.63) is 71.0 Å². The molecule has 2 fully saturated rings. The third-order valence-electron chi connectivity index (χ3n) is 7.62. The predicted octanol–water partition coefficient (Wildman–Crippen LogP) is 5.69. The van der Waals surface area contributed by atoms with Gasteiger partial charge in [0.1, 0.15) is 5.02 Å². The Morgan fingerprint density at radius 1 is 0.892 bits per heavy atom. The Kier molecular flexibility index (Phi) is 6.95. The molecule has 0 unspecified atom stereocenters. The Balaban J connectivity index is 1.14. The highest BCUT2D eigenvalue weighted by Gasteiger charge is 2.27. The molecule has 0 spiro atoms. The van der Waals surface area contributed by atoms with Crippen LogP contribution in [0, 0.1) is 0 Å². The lowest BCUT2D eigenvalue weighted by Crippen LogP contribution is -2.52. The number of anilines is 3. The lowest BCUT2D eigenvalue weighted by Gasteiger charge is -2.42. The number of hydrogen-bond acceptors (Lipinski definition) is 6. The van der Waals surface area contributed by atoms with Crippen LogP contribution in [0.4, 0.5) is 17.3 Å². The van der Waals surface area contributed by atoms with Crippen molar-refractivity contribution < 1.29 is 0 Å². The van der Waals surface area contributed by atoms with E-state index >= 15 is 0 Å². The minimum Gasteiger partial charge on any atom is -0.370 e.